The summed E-state index contributed by atoms with van der Waals surface area (Å²) in [6.45, 7) is 2.00. The van der Waals surface area contributed by atoms with Crippen molar-refractivity contribution in [2.45, 2.75) is 24.7 Å². The fraction of sp³-hybridized carbons (Fsp3) is 0.143. The van der Waals surface area contributed by atoms with Gasteiger partial charge in [-0.3, -0.25) is 9.36 Å². The Kier molecular flexibility index (Phi) is 7.80. The molecule has 0 aliphatic heterocycles. The van der Waals surface area contributed by atoms with E-state index in [2.05, 4.69) is 20.5 Å². The summed E-state index contributed by atoms with van der Waals surface area (Å²) in [4.78, 5) is 17.7. The highest BCUT2D eigenvalue weighted by Crippen LogP contribution is 2.32. The van der Waals surface area contributed by atoms with Gasteiger partial charge in [0.2, 0.25) is 5.91 Å². The smallest absolute Gasteiger partial charge is 0.301 e. The molecule has 1 N–H and O–H groups in total. The largest absolute Gasteiger partial charge is 0.416 e. The van der Waals surface area contributed by atoms with Crippen molar-refractivity contribution < 1.29 is 18.0 Å². The number of thiazole rings is 1. The average Bonchev–Trinajstić information content (AvgIpc) is 3.54. The second kappa shape index (κ2) is 11.4. The van der Waals surface area contributed by atoms with Crippen LogP contribution in [0.5, 0.6) is 0 Å². The van der Waals surface area contributed by atoms with Gasteiger partial charge in [0.15, 0.2) is 16.1 Å². The van der Waals surface area contributed by atoms with Gasteiger partial charge in [0.25, 0.3) is 0 Å². The van der Waals surface area contributed by atoms with Crippen molar-refractivity contribution in [2.24, 2.45) is 0 Å². The third-order valence-corrected chi connectivity index (χ3v) is 7.63. The lowest BCUT2D eigenvalue weighted by Crippen LogP contribution is -2.14. The van der Waals surface area contributed by atoms with Gasteiger partial charge in [-0.15, -0.1) is 21.5 Å². The molecule has 198 valence electrons. The minimum atomic E-state index is -4.40. The summed E-state index contributed by atoms with van der Waals surface area (Å²) in [5, 5.41) is 12.5. The zero-order valence-electron chi connectivity index (χ0n) is 20.6. The molecular formula is C28H22F3N5OS2. The van der Waals surface area contributed by atoms with Crippen LogP contribution < -0.4 is 5.32 Å². The second-order valence-electron chi connectivity index (χ2n) is 8.64. The number of carbonyl (C=O) groups excluding carboxylic acids is 1. The van der Waals surface area contributed by atoms with Gasteiger partial charge >= 0.3 is 6.18 Å². The summed E-state index contributed by atoms with van der Waals surface area (Å²) >= 11 is 2.48. The number of carbonyl (C=O) groups is 1. The van der Waals surface area contributed by atoms with E-state index in [1.807, 2.05) is 66.1 Å². The predicted octanol–water partition coefficient (Wildman–Crippen LogP) is 7.04. The average molecular weight is 566 g/mol. The van der Waals surface area contributed by atoms with Crippen LogP contribution in [0.15, 0.2) is 90.2 Å². The Morgan fingerprint density at radius 1 is 1.00 bits per heavy atom. The number of rotatable bonds is 8. The predicted molar refractivity (Wildman–Crippen MR) is 147 cm³/mol. The lowest BCUT2D eigenvalue weighted by Gasteiger charge is -2.12. The van der Waals surface area contributed by atoms with Crippen LogP contribution in [0.1, 0.15) is 21.6 Å². The molecule has 0 radical (unpaired) electrons. The van der Waals surface area contributed by atoms with Crippen LogP contribution in [0.3, 0.4) is 0 Å². The van der Waals surface area contributed by atoms with Crippen LogP contribution in [0.25, 0.3) is 17.1 Å². The monoisotopic (exact) mass is 565 g/mol. The fourth-order valence-electron chi connectivity index (χ4n) is 3.96. The number of nitrogens with one attached hydrogen (secondary N) is 1. The van der Waals surface area contributed by atoms with E-state index in [-0.39, 0.29) is 18.1 Å². The molecule has 1 amide bonds. The Morgan fingerprint density at radius 2 is 1.77 bits per heavy atom. The number of amides is 1. The van der Waals surface area contributed by atoms with E-state index in [1.165, 1.54) is 29.2 Å². The van der Waals surface area contributed by atoms with E-state index in [0.29, 0.717) is 21.7 Å². The van der Waals surface area contributed by atoms with Crippen molar-refractivity contribution >= 4 is 34.1 Å². The Balaban J connectivity index is 1.28. The molecule has 0 spiro atoms. The van der Waals surface area contributed by atoms with E-state index in [0.717, 1.165) is 33.8 Å². The number of hydrogen-bond donors (Lipinski definition) is 1. The van der Waals surface area contributed by atoms with E-state index in [9.17, 15) is 18.0 Å². The first-order valence-electron chi connectivity index (χ1n) is 11.9. The molecule has 3 aromatic carbocycles. The van der Waals surface area contributed by atoms with Crippen molar-refractivity contribution in [1.29, 1.82) is 0 Å². The van der Waals surface area contributed by atoms with Gasteiger partial charge in [-0.1, -0.05) is 78.5 Å². The summed E-state index contributed by atoms with van der Waals surface area (Å²) in [6, 6.07) is 22.8. The molecule has 2 aromatic heterocycles. The Morgan fingerprint density at radius 3 is 2.54 bits per heavy atom. The number of hydrogen-bond acceptors (Lipinski definition) is 6. The number of halogens is 3. The maximum Gasteiger partial charge on any atom is 0.416 e. The van der Waals surface area contributed by atoms with Crippen molar-refractivity contribution in [3.05, 3.63) is 107 Å². The van der Waals surface area contributed by atoms with Gasteiger partial charge in [0.1, 0.15) is 0 Å². The second-order valence-corrected chi connectivity index (χ2v) is 10.7. The zero-order chi connectivity index (χ0) is 27.4. The van der Waals surface area contributed by atoms with E-state index >= 15 is 0 Å². The number of benzene rings is 3. The molecule has 0 fully saturated rings. The number of aryl methyl sites for hydroxylation is 1. The van der Waals surface area contributed by atoms with E-state index < -0.39 is 11.7 Å². The molecule has 5 aromatic rings. The van der Waals surface area contributed by atoms with Gasteiger partial charge in [-0.2, -0.15) is 13.2 Å². The quantitative estimate of drug-likeness (QED) is 0.204. The number of anilines is 1. The van der Waals surface area contributed by atoms with Crippen molar-refractivity contribution in [2.75, 3.05) is 11.1 Å². The lowest BCUT2D eigenvalue weighted by atomic mass is 10.1. The summed E-state index contributed by atoms with van der Waals surface area (Å²) in [6.07, 6.45) is -2.55. The molecule has 0 atom stereocenters. The standard InChI is InChI=1S/C28H22F3N5OS2/c1-18-8-5-6-13-23(18)36-25(20-10-3-2-4-11-20)34-35-27(36)38-17-24(37)33-26-32-16-22(39-26)15-19-9-7-12-21(14-19)28(29,30)31/h2-14,16H,15,17H2,1H3,(H,32,33,37). The van der Waals surface area contributed by atoms with Gasteiger partial charge in [-0.05, 0) is 30.2 Å². The molecule has 0 aliphatic rings. The highest BCUT2D eigenvalue weighted by molar-refractivity contribution is 7.99. The van der Waals surface area contributed by atoms with Crippen LogP contribution in [-0.4, -0.2) is 31.4 Å². The fourth-order valence-corrected chi connectivity index (χ4v) is 5.57. The van der Waals surface area contributed by atoms with E-state index in [1.54, 1.807) is 12.3 Å². The van der Waals surface area contributed by atoms with Crippen LogP contribution in [0, 0.1) is 6.92 Å². The minimum Gasteiger partial charge on any atom is -0.301 e. The van der Waals surface area contributed by atoms with Crippen LogP contribution in [0.2, 0.25) is 0 Å². The molecule has 11 heteroatoms. The van der Waals surface area contributed by atoms with Gasteiger partial charge in [0, 0.05) is 23.1 Å². The number of para-hydroxylation sites is 1. The molecule has 0 unspecified atom stereocenters. The molecule has 39 heavy (non-hydrogen) atoms. The van der Waals surface area contributed by atoms with Gasteiger partial charge < -0.3 is 5.32 Å². The zero-order valence-corrected chi connectivity index (χ0v) is 22.3. The van der Waals surface area contributed by atoms with Crippen molar-refractivity contribution in [1.82, 2.24) is 19.7 Å². The number of thioether (sulfide) groups is 1. The van der Waals surface area contributed by atoms with Crippen LogP contribution in [0.4, 0.5) is 18.3 Å². The number of alkyl halides is 3. The summed E-state index contributed by atoms with van der Waals surface area (Å²) in [5.74, 6) is 0.467. The van der Waals surface area contributed by atoms with Crippen LogP contribution in [-0.2, 0) is 17.4 Å². The molecule has 5 rings (SSSR count). The Labute approximate surface area is 231 Å². The SMILES string of the molecule is Cc1ccccc1-n1c(SCC(=O)Nc2ncc(Cc3cccc(C(F)(F)F)c3)s2)nnc1-c1ccccc1. The number of aromatic nitrogens is 4. The third kappa shape index (κ3) is 6.37. The van der Waals surface area contributed by atoms with Gasteiger partial charge in [-0.25, -0.2) is 4.98 Å². The van der Waals surface area contributed by atoms with Crippen molar-refractivity contribution in [3.63, 3.8) is 0 Å². The molecule has 0 aliphatic carbocycles. The first-order valence-corrected chi connectivity index (χ1v) is 13.7. The molecule has 0 saturated carbocycles. The molecule has 2 heterocycles. The van der Waals surface area contributed by atoms with Gasteiger partial charge in [0.05, 0.1) is 17.0 Å². The molecule has 0 saturated heterocycles. The highest BCUT2D eigenvalue weighted by Gasteiger charge is 2.30. The number of nitrogens with zero attached hydrogens (tertiary/aromatic N) is 4. The molecule has 6 nitrogen and oxygen atoms in total. The summed E-state index contributed by atoms with van der Waals surface area (Å²) < 4.78 is 41.0. The Bertz CT molecular complexity index is 1600. The van der Waals surface area contributed by atoms with Crippen molar-refractivity contribution in [3.8, 4) is 17.1 Å². The lowest BCUT2D eigenvalue weighted by molar-refractivity contribution is -0.137. The molecular weight excluding hydrogens is 543 g/mol. The minimum absolute atomic E-state index is 0.0708. The maximum atomic E-state index is 13.0. The first kappa shape index (κ1) is 26.6. The maximum absolute atomic E-state index is 13.0. The summed E-state index contributed by atoms with van der Waals surface area (Å²) in [7, 11) is 0. The van der Waals surface area contributed by atoms with E-state index in [4.69, 9.17) is 0 Å². The summed E-state index contributed by atoms with van der Waals surface area (Å²) in [5.41, 5.74) is 2.69. The first-order chi connectivity index (χ1) is 18.8. The normalized spacial score (nSPS) is 11.5. The highest BCUT2D eigenvalue weighted by atomic mass is 32.2. The third-order valence-electron chi connectivity index (χ3n) is 5.79. The van der Waals surface area contributed by atoms with Crippen LogP contribution >= 0.6 is 23.1 Å². The topological polar surface area (TPSA) is 72.7 Å². The Hall–Kier alpha value is -3.96. The molecule has 0 bridgehead atoms.